The second-order valence-corrected chi connectivity index (χ2v) is 3.46. The highest BCUT2D eigenvalue weighted by Gasteiger charge is 2.26. The van der Waals surface area contributed by atoms with Crippen molar-refractivity contribution in [3.8, 4) is 0 Å². The minimum atomic E-state index is 1.00. The SMILES string of the molecule is C1=CCC(C2CNC2)CC1. The summed E-state index contributed by atoms with van der Waals surface area (Å²) < 4.78 is 0. The van der Waals surface area contributed by atoms with Crippen LogP contribution in [0.1, 0.15) is 19.3 Å². The van der Waals surface area contributed by atoms with E-state index in [1.165, 1.54) is 32.4 Å². The minimum absolute atomic E-state index is 1.00. The molecule has 1 nitrogen and oxygen atoms in total. The molecule has 1 heterocycles. The molecule has 1 atom stereocenters. The molecular formula is C9H15N. The van der Waals surface area contributed by atoms with Crippen LogP contribution in [0.3, 0.4) is 0 Å². The van der Waals surface area contributed by atoms with Gasteiger partial charge in [-0.2, -0.15) is 0 Å². The summed E-state index contributed by atoms with van der Waals surface area (Å²) in [6, 6.07) is 0. The number of allylic oxidation sites excluding steroid dienone is 2. The van der Waals surface area contributed by atoms with E-state index in [0.29, 0.717) is 0 Å². The Morgan fingerprint density at radius 2 is 2.00 bits per heavy atom. The molecule has 0 aromatic rings. The smallest absolute Gasteiger partial charge is 0.000548 e. The number of rotatable bonds is 1. The molecule has 2 rings (SSSR count). The number of hydrogen-bond donors (Lipinski definition) is 1. The molecule has 0 aromatic carbocycles. The van der Waals surface area contributed by atoms with Crippen molar-refractivity contribution in [1.29, 1.82) is 0 Å². The van der Waals surface area contributed by atoms with Crippen LogP contribution in [0.15, 0.2) is 12.2 Å². The molecule has 0 saturated carbocycles. The Balaban J connectivity index is 1.86. The second-order valence-electron chi connectivity index (χ2n) is 3.46. The molecule has 0 amide bonds. The second kappa shape index (κ2) is 2.75. The van der Waals surface area contributed by atoms with Crippen LogP contribution in [-0.4, -0.2) is 13.1 Å². The molecule has 0 aromatic heterocycles. The van der Waals surface area contributed by atoms with E-state index in [4.69, 9.17) is 0 Å². The van der Waals surface area contributed by atoms with Gasteiger partial charge in [-0.05, 0) is 44.2 Å². The molecule has 1 saturated heterocycles. The quantitative estimate of drug-likeness (QED) is 0.541. The van der Waals surface area contributed by atoms with Gasteiger partial charge in [-0.3, -0.25) is 0 Å². The van der Waals surface area contributed by atoms with E-state index in [-0.39, 0.29) is 0 Å². The zero-order chi connectivity index (χ0) is 6.81. The summed E-state index contributed by atoms with van der Waals surface area (Å²) in [7, 11) is 0. The highest BCUT2D eigenvalue weighted by atomic mass is 14.9. The van der Waals surface area contributed by atoms with E-state index in [9.17, 15) is 0 Å². The lowest BCUT2D eigenvalue weighted by molar-refractivity contribution is 0.220. The third kappa shape index (κ3) is 1.10. The molecule has 1 N–H and O–H groups in total. The van der Waals surface area contributed by atoms with Crippen LogP contribution in [0.4, 0.5) is 0 Å². The van der Waals surface area contributed by atoms with Crippen molar-refractivity contribution in [1.82, 2.24) is 5.32 Å². The van der Waals surface area contributed by atoms with Crippen molar-refractivity contribution >= 4 is 0 Å². The van der Waals surface area contributed by atoms with Crippen molar-refractivity contribution < 1.29 is 0 Å². The first-order valence-corrected chi connectivity index (χ1v) is 4.32. The van der Waals surface area contributed by atoms with Crippen molar-refractivity contribution in [2.45, 2.75) is 19.3 Å². The van der Waals surface area contributed by atoms with Gasteiger partial charge in [0, 0.05) is 0 Å². The van der Waals surface area contributed by atoms with Gasteiger partial charge in [-0.15, -0.1) is 0 Å². The maximum absolute atomic E-state index is 3.33. The largest absolute Gasteiger partial charge is 0.316 e. The van der Waals surface area contributed by atoms with Gasteiger partial charge in [-0.25, -0.2) is 0 Å². The molecule has 1 heteroatoms. The highest BCUT2D eigenvalue weighted by molar-refractivity contribution is 4.94. The molecule has 0 spiro atoms. The van der Waals surface area contributed by atoms with Crippen molar-refractivity contribution in [2.75, 3.05) is 13.1 Å². The third-order valence-corrected chi connectivity index (χ3v) is 2.79. The van der Waals surface area contributed by atoms with Crippen LogP contribution in [0.25, 0.3) is 0 Å². The normalized spacial score (nSPS) is 33.8. The number of hydrogen-bond acceptors (Lipinski definition) is 1. The molecule has 1 fully saturated rings. The monoisotopic (exact) mass is 137 g/mol. The van der Waals surface area contributed by atoms with Crippen LogP contribution in [-0.2, 0) is 0 Å². The van der Waals surface area contributed by atoms with Gasteiger partial charge in [0.2, 0.25) is 0 Å². The molecule has 1 aliphatic heterocycles. The molecule has 2 aliphatic rings. The molecule has 10 heavy (non-hydrogen) atoms. The van der Waals surface area contributed by atoms with Crippen LogP contribution in [0.5, 0.6) is 0 Å². The van der Waals surface area contributed by atoms with E-state index in [0.717, 1.165) is 11.8 Å². The Morgan fingerprint density at radius 3 is 2.50 bits per heavy atom. The summed E-state index contributed by atoms with van der Waals surface area (Å²) in [6.07, 6.45) is 8.77. The first-order chi connectivity index (χ1) is 4.97. The molecule has 1 unspecified atom stereocenters. The fourth-order valence-corrected chi connectivity index (χ4v) is 1.89. The Kier molecular flexibility index (Phi) is 1.76. The third-order valence-electron chi connectivity index (χ3n) is 2.79. The Labute approximate surface area is 62.5 Å². The predicted octanol–water partition coefficient (Wildman–Crippen LogP) is 1.56. The lowest BCUT2D eigenvalue weighted by Gasteiger charge is -2.35. The van der Waals surface area contributed by atoms with Gasteiger partial charge in [0.15, 0.2) is 0 Å². The van der Waals surface area contributed by atoms with E-state index in [1.54, 1.807) is 0 Å². The summed E-state index contributed by atoms with van der Waals surface area (Å²) in [5, 5.41) is 3.33. The standard InChI is InChI=1S/C9H15N/c1-2-4-8(5-3-1)9-6-10-7-9/h1-2,8-10H,3-7H2. The summed E-state index contributed by atoms with van der Waals surface area (Å²) in [6.45, 7) is 2.55. The topological polar surface area (TPSA) is 12.0 Å². The summed E-state index contributed by atoms with van der Waals surface area (Å²) in [4.78, 5) is 0. The lowest BCUT2D eigenvalue weighted by Crippen LogP contribution is -2.46. The summed E-state index contributed by atoms with van der Waals surface area (Å²) in [5.41, 5.74) is 0. The van der Waals surface area contributed by atoms with Crippen LogP contribution in [0.2, 0.25) is 0 Å². The first kappa shape index (κ1) is 6.41. The van der Waals surface area contributed by atoms with Gasteiger partial charge >= 0.3 is 0 Å². The average molecular weight is 137 g/mol. The van der Waals surface area contributed by atoms with Crippen molar-refractivity contribution in [2.24, 2.45) is 11.8 Å². The maximum Gasteiger partial charge on any atom is -0.000548 e. The van der Waals surface area contributed by atoms with E-state index >= 15 is 0 Å². The van der Waals surface area contributed by atoms with Gasteiger partial charge in [0.05, 0.1) is 0 Å². The molecule has 0 radical (unpaired) electrons. The Hall–Kier alpha value is -0.300. The fourth-order valence-electron chi connectivity index (χ4n) is 1.89. The summed E-state index contributed by atoms with van der Waals surface area (Å²) >= 11 is 0. The van der Waals surface area contributed by atoms with Crippen molar-refractivity contribution in [3.63, 3.8) is 0 Å². The van der Waals surface area contributed by atoms with Crippen LogP contribution >= 0.6 is 0 Å². The van der Waals surface area contributed by atoms with Gasteiger partial charge in [0.1, 0.15) is 0 Å². The van der Waals surface area contributed by atoms with Gasteiger partial charge in [0.25, 0.3) is 0 Å². The van der Waals surface area contributed by atoms with E-state index in [2.05, 4.69) is 17.5 Å². The van der Waals surface area contributed by atoms with E-state index in [1.807, 2.05) is 0 Å². The zero-order valence-electron chi connectivity index (χ0n) is 6.34. The van der Waals surface area contributed by atoms with Gasteiger partial charge < -0.3 is 5.32 Å². The van der Waals surface area contributed by atoms with Crippen LogP contribution < -0.4 is 5.32 Å². The number of nitrogens with one attached hydrogen (secondary N) is 1. The van der Waals surface area contributed by atoms with Crippen LogP contribution in [0, 0.1) is 11.8 Å². The molecular weight excluding hydrogens is 122 g/mol. The van der Waals surface area contributed by atoms with E-state index < -0.39 is 0 Å². The predicted molar refractivity (Wildman–Crippen MR) is 42.8 cm³/mol. The average Bonchev–Trinajstić information content (AvgIpc) is 1.86. The fraction of sp³-hybridized carbons (Fsp3) is 0.778. The molecule has 1 aliphatic carbocycles. The summed E-state index contributed by atoms with van der Waals surface area (Å²) in [5.74, 6) is 2.01. The Morgan fingerprint density at radius 1 is 1.10 bits per heavy atom. The maximum atomic E-state index is 3.33. The first-order valence-electron chi connectivity index (χ1n) is 4.32. The highest BCUT2D eigenvalue weighted by Crippen LogP contribution is 2.27. The minimum Gasteiger partial charge on any atom is -0.316 e. The lowest BCUT2D eigenvalue weighted by atomic mass is 9.80. The molecule has 0 bridgehead atoms. The van der Waals surface area contributed by atoms with Crippen molar-refractivity contribution in [3.05, 3.63) is 12.2 Å². The zero-order valence-corrected chi connectivity index (χ0v) is 6.34. The Bertz CT molecular complexity index is 136. The molecule has 56 valence electrons. The van der Waals surface area contributed by atoms with Gasteiger partial charge in [-0.1, -0.05) is 12.2 Å².